The first-order valence-corrected chi connectivity index (χ1v) is 5.39. The summed E-state index contributed by atoms with van der Waals surface area (Å²) in [6.45, 7) is 2.55. The molecule has 16 heavy (non-hydrogen) atoms. The summed E-state index contributed by atoms with van der Waals surface area (Å²) in [5, 5.41) is 9.78. The molecule has 2 rings (SSSR count). The van der Waals surface area contributed by atoms with E-state index >= 15 is 0 Å². The molecule has 0 saturated heterocycles. The van der Waals surface area contributed by atoms with Gasteiger partial charge in [0.2, 0.25) is 0 Å². The summed E-state index contributed by atoms with van der Waals surface area (Å²) in [4.78, 5) is 0. The summed E-state index contributed by atoms with van der Waals surface area (Å²) in [6.07, 6.45) is -3.47. The highest BCUT2D eigenvalue weighted by Crippen LogP contribution is 2.38. The fraction of sp³-hybridized carbons (Fsp3) is 0.700. The first-order chi connectivity index (χ1) is 7.52. The van der Waals surface area contributed by atoms with Gasteiger partial charge < -0.3 is 5.32 Å². The Balaban J connectivity index is 2.21. The number of aromatic nitrogens is 2. The Kier molecular flexibility index (Phi) is 2.82. The number of fused-ring (bicyclic) bond motifs is 1. The summed E-state index contributed by atoms with van der Waals surface area (Å²) in [7, 11) is 0. The highest BCUT2D eigenvalue weighted by Gasteiger charge is 2.42. The molecule has 6 heteroatoms. The van der Waals surface area contributed by atoms with Crippen molar-refractivity contribution in [3.8, 4) is 0 Å². The molecule has 0 spiro atoms. The Morgan fingerprint density at radius 2 is 2.25 bits per heavy atom. The second kappa shape index (κ2) is 3.99. The Hall–Kier alpha value is -1.20. The maximum absolute atomic E-state index is 12.6. The van der Waals surface area contributed by atoms with Crippen LogP contribution in [0.5, 0.6) is 0 Å². The summed E-state index contributed by atoms with van der Waals surface area (Å²) in [5.74, 6) is -0.651. The van der Waals surface area contributed by atoms with E-state index in [4.69, 9.17) is 0 Å². The third kappa shape index (κ3) is 2.01. The van der Waals surface area contributed by atoms with Crippen molar-refractivity contribution >= 4 is 5.82 Å². The number of hydrogen-bond donors (Lipinski definition) is 2. The van der Waals surface area contributed by atoms with Crippen LogP contribution in [0.1, 0.15) is 24.6 Å². The van der Waals surface area contributed by atoms with E-state index in [1.165, 1.54) is 0 Å². The van der Waals surface area contributed by atoms with Gasteiger partial charge in [0.25, 0.3) is 0 Å². The molecular weight excluding hydrogens is 219 g/mol. The molecule has 2 N–H and O–H groups in total. The molecule has 1 aromatic heterocycles. The SMILES string of the molecule is CCNc1n[nH]c2c1CC(C(F)(F)F)CC2. The summed E-state index contributed by atoms with van der Waals surface area (Å²) < 4.78 is 37.8. The average Bonchev–Trinajstić information content (AvgIpc) is 2.60. The van der Waals surface area contributed by atoms with Gasteiger partial charge in [-0.05, 0) is 26.2 Å². The lowest BCUT2D eigenvalue weighted by molar-refractivity contribution is -0.177. The van der Waals surface area contributed by atoms with Crippen molar-refractivity contribution in [3.05, 3.63) is 11.3 Å². The zero-order valence-electron chi connectivity index (χ0n) is 8.99. The van der Waals surface area contributed by atoms with Gasteiger partial charge in [0.05, 0.1) is 5.92 Å². The first-order valence-electron chi connectivity index (χ1n) is 5.39. The predicted octanol–water partition coefficient (Wildman–Crippen LogP) is 2.51. The zero-order chi connectivity index (χ0) is 11.8. The Bertz CT molecular complexity index is 370. The molecular formula is C10H14F3N3. The lowest BCUT2D eigenvalue weighted by Crippen LogP contribution is -2.28. The second-order valence-corrected chi connectivity index (χ2v) is 4.04. The number of anilines is 1. The summed E-state index contributed by atoms with van der Waals surface area (Å²) >= 11 is 0. The number of rotatable bonds is 2. The normalized spacial score (nSPS) is 20.6. The molecule has 0 fully saturated rings. The number of nitrogens with zero attached hydrogens (tertiary/aromatic N) is 1. The molecule has 0 aromatic carbocycles. The van der Waals surface area contributed by atoms with E-state index < -0.39 is 12.1 Å². The molecule has 1 aliphatic carbocycles. The van der Waals surface area contributed by atoms with Crippen LogP contribution in [0.2, 0.25) is 0 Å². The minimum atomic E-state index is -4.10. The van der Waals surface area contributed by atoms with E-state index in [0.717, 1.165) is 5.69 Å². The first kappa shape index (κ1) is 11.3. The van der Waals surface area contributed by atoms with E-state index in [2.05, 4.69) is 15.5 Å². The van der Waals surface area contributed by atoms with E-state index in [1.807, 2.05) is 6.92 Å². The van der Waals surface area contributed by atoms with Crippen molar-refractivity contribution in [2.45, 2.75) is 32.4 Å². The average molecular weight is 233 g/mol. The fourth-order valence-electron chi connectivity index (χ4n) is 2.09. The molecule has 0 aliphatic heterocycles. The number of nitrogens with one attached hydrogen (secondary N) is 2. The van der Waals surface area contributed by atoms with Gasteiger partial charge in [0.1, 0.15) is 0 Å². The van der Waals surface area contributed by atoms with Gasteiger partial charge >= 0.3 is 6.18 Å². The van der Waals surface area contributed by atoms with Gasteiger partial charge in [0, 0.05) is 17.8 Å². The third-order valence-electron chi connectivity index (χ3n) is 2.95. The number of alkyl halides is 3. The fourth-order valence-corrected chi connectivity index (χ4v) is 2.09. The topological polar surface area (TPSA) is 40.7 Å². The van der Waals surface area contributed by atoms with Crippen LogP contribution in [-0.2, 0) is 12.8 Å². The second-order valence-electron chi connectivity index (χ2n) is 4.04. The highest BCUT2D eigenvalue weighted by atomic mass is 19.4. The van der Waals surface area contributed by atoms with E-state index in [0.29, 0.717) is 24.3 Å². The van der Waals surface area contributed by atoms with Crippen LogP contribution in [-0.4, -0.2) is 22.9 Å². The van der Waals surface area contributed by atoms with Gasteiger partial charge in [0.15, 0.2) is 5.82 Å². The lowest BCUT2D eigenvalue weighted by atomic mass is 9.87. The Labute approximate surface area is 91.4 Å². The van der Waals surface area contributed by atoms with Crippen molar-refractivity contribution in [1.29, 1.82) is 0 Å². The zero-order valence-corrected chi connectivity index (χ0v) is 8.99. The van der Waals surface area contributed by atoms with Gasteiger partial charge in [-0.3, -0.25) is 5.10 Å². The minimum absolute atomic E-state index is 0.0394. The maximum atomic E-state index is 12.6. The van der Waals surface area contributed by atoms with Gasteiger partial charge in [-0.1, -0.05) is 0 Å². The molecule has 1 aromatic rings. The van der Waals surface area contributed by atoms with E-state index in [-0.39, 0.29) is 12.8 Å². The number of aryl methyl sites for hydroxylation is 1. The predicted molar refractivity (Wildman–Crippen MR) is 54.3 cm³/mol. The monoisotopic (exact) mass is 233 g/mol. The molecule has 3 nitrogen and oxygen atoms in total. The van der Waals surface area contributed by atoms with Gasteiger partial charge in [-0.15, -0.1) is 0 Å². The minimum Gasteiger partial charge on any atom is -0.369 e. The molecule has 0 bridgehead atoms. The number of halogens is 3. The van der Waals surface area contributed by atoms with Crippen LogP contribution in [0.4, 0.5) is 19.0 Å². The van der Waals surface area contributed by atoms with Crippen LogP contribution in [0, 0.1) is 5.92 Å². The Morgan fingerprint density at radius 3 is 2.88 bits per heavy atom. The lowest BCUT2D eigenvalue weighted by Gasteiger charge is -2.24. The number of H-pyrrole nitrogens is 1. The maximum Gasteiger partial charge on any atom is 0.392 e. The van der Waals surface area contributed by atoms with E-state index in [1.54, 1.807) is 0 Å². The molecule has 90 valence electrons. The number of hydrogen-bond acceptors (Lipinski definition) is 2. The van der Waals surface area contributed by atoms with Gasteiger partial charge in [-0.25, -0.2) is 0 Å². The number of aromatic amines is 1. The van der Waals surface area contributed by atoms with Crippen molar-refractivity contribution in [2.24, 2.45) is 5.92 Å². The third-order valence-corrected chi connectivity index (χ3v) is 2.95. The van der Waals surface area contributed by atoms with Crippen LogP contribution in [0.3, 0.4) is 0 Å². The van der Waals surface area contributed by atoms with Crippen molar-refractivity contribution in [1.82, 2.24) is 10.2 Å². The largest absolute Gasteiger partial charge is 0.392 e. The van der Waals surface area contributed by atoms with Crippen LogP contribution < -0.4 is 5.32 Å². The summed E-state index contributed by atoms with van der Waals surface area (Å²) in [5.41, 5.74) is 1.55. The van der Waals surface area contributed by atoms with Crippen molar-refractivity contribution < 1.29 is 13.2 Å². The van der Waals surface area contributed by atoms with Crippen molar-refractivity contribution in [3.63, 3.8) is 0 Å². The quantitative estimate of drug-likeness (QED) is 0.824. The molecule has 0 saturated carbocycles. The van der Waals surface area contributed by atoms with Crippen LogP contribution >= 0.6 is 0 Å². The molecule has 1 aliphatic rings. The molecule has 0 radical (unpaired) electrons. The van der Waals surface area contributed by atoms with Crippen molar-refractivity contribution in [2.75, 3.05) is 11.9 Å². The van der Waals surface area contributed by atoms with Crippen LogP contribution in [0.15, 0.2) is 0 Å². The standard InChI is InChI=1S/C10H14F3N3/c1-2-14-9-7-5-6(10(11,12)13)3-4-8(7)15-16-9/h6H,2-5H2,1H3,(H2,14,15,16). The summed E-state index contributed by atoms with van der Waals surface area (Å²) in [6, 6.07) is 0. The van der Waals surface area contributed by atoms with E-state index in [9.17, 15) is 13.2 Å². The Morgan fingerprint density at radius 1 is 1.50 bits per heavy atom. The molecule has 1 atom stereocenters. The molecule has 1 heterocycles. The molecule has 0 amide bonds. The van der Waals surface area contributed by atoms with Crippen LogP contribution in [0.25, 0.3) is 0 Å². The van der Waals surface area contributed by atoms with Gasteiger partial charge in [-0.2, -0.15) is 18.3 Å². The molecule has 1 unspecified atom stereocenters. The smallest absolute Gasteiger partial charge is 0.369 e. The highest BCUT2D eigenvalue weighted by molar-refractivity contribution is 5.47.